The third-order valence-corrected chi connectivity index (χ3v) is 3.17. The Labute approximate surface area is 85.8 Å². The maximum atomic E-state index is 9.90. The van der Waals surface area contributed by atoms with E-state index in [1.54, 1.807) is 18.6 Å². The summed E-state index contributed by atoms with van der Waals surface area (Å²) in [5.41, 5.74) is 6.27. The zero-order valence-electron chi connectivity index (χ0n) is 7.51. The van der Waals surface area contributed by atoms with Gasteiger partial charge in [0.15, 0.2) is 0 Å². The summed E-state index contributed by atoms with van der Waals surface area (Å²) < 4.78 is 4.91. The van der Waals surface area contributed by atoms with Crippen molar-refractivity contribution in [3.63, 3.8) is 0 Å². The van der Waals surface area contributed by atoms with E-state index in [-0.39, 0.29) is 0 Å². The van der Waals surface area contributed by atoms with Crippen LogP contribution in [-0.2, 0) is 6.54 Å². The molecule has 2 rings (SSSR count). The zero-order valence-corrected chi connectivity index (χ0v) is 8.33. The molecule has 0 aliphatic rings. The summed E-state index contributed by atoms with van der Waals surface area (Å²) in [6.07, 6.45) is 2.50. The normalized spacial score (nSPS) is 13.0. The second-order valence-corrected chi connectivity index (χ2v) is 4.17. The fourth-order valence-corrected chi connectivity index (χ4v) is 2.15. The first-order valence-corrected chi connectivity index (χ1v) is 5.11. The Morgan fingerprint density at radius 1 is 1.43 bits per heavy atom. The molecule has 4 heteroatoms. The Morgan fingerprint density at radius 2 is 2.29 bits per heavy atom. The van der Waals surface area contributed by atoms with Crippen LogP contribution in [0.3, 0.4) is 0 Å². The average Bonchev–Trinajstić information content (AvgIpc) is 2.88. The molecule has 0 aliphatic heterocycles. The third-order valence-electron chi connectivity index (χ3n) is 2.01. The Hall–Kier alpha value is -1.10. The molecule has 0 spiro atoms. The lowest BCUT2D eigenvalue weighted by Crippen LogP contribution is -1.94. The monoisotopic (exact) mass is 209 g/mol. The molecule has 3 N–H and O–H groups in total. The summed E-state index contributed by atoms with van der Waals surface area (Å²) in [6.45, 7) is 0.517. The molecule has 0 amide bonds. The van der Waals surface area contributed by atoms with Crippen molar-refractivity contribution in [2.45, 2.75) is 12.6 Å². The van der Waals surface area contributed by atoms with Crippen molar-refractivity contribution in [3.05, 3.63) is 46.0 Å². The van der Waals surface area contributed by atoms with Gasteiger partial charge in [0.2, 0.25) is 0 Å². The van der Waals surface area contributed by atoms with Crippen molar-refractivity contribution in [2.75, 3.05) is 0 Å². The van der Waals surface area contributed by atoms with Crippen LogP contribution < -0.4 is 5.73 Å². The van der Waals surface area contributed by atoms with Crippen LogP contribution in [0, 0.1) is 0 Å². The second kappa shape index (κ2) is 3.96. The summed E-state index contributed by atoms with van der Waals surface area (Å²) in [7, 11) is 0. The van der Waals surface area contributed by atoms with Crippen molar-refractivity contribution >= 4 is 11.3 Å². The van der Waals surface area contributed by atoms with Crippen LogP contribution in [-0.4, -0.2) is 5.11 Å². The molecule has 0 aliphatic carbocycles. The first-order valence-electron chi connectivity index (χ1n) is 4.30. The fraction of sp³-hybridized carbons (Fsp3) is 0.200. The van der Waals surface area contributed by atoms with E-state index in [0.717, 1.165) is 15.3 Å². The van der Waals surface area contributed by atoms with Gasteiger partial charge < -0.3 is 15.3 Å². The fourth-order valence-electron chi connectivity index (χ4n) is 1.25. The highest BCUT2D eigenvalue weighted by Crippen LogP contribution is 2.28. The molecule has 0 bridgehead atoms. The molecule has 1 atom stereocenters. The Bertz CT molecular complexity index is 394. The number of furan rings is 1. The molecule has 0 aromatic carbocycles. The average molecular weight is 209 g/mol. The highest BCUT2D eigenvalue weighted by molar-refractivity contribution is 7.12. The number of hydrogen-bond donors (Lipinski definition) is 2. The third kappa shape index (κ3) is 1.72. The smallest absolute Gasteiger partial charge is 0.116 e. The molecule has 0 radical (unpaired) electrons. The zero-order chi connectivity index (χ0) is 9.97. The van der Waals surface area contributed by atoms with Crippen molar-refractivity contribution in [2.24, 2.45) is 5.73 Å². The van der Waals surface area contributed by atoms with Crippen LogP contribution in [0.25, 0.3) is 0 Å². The van der Waals surface area contributed by atoms with Gasteiger partial charge in [-0.1, -0.05) is 0 Å². The lowest BCUT2D eigenvalue weighted by atomic mass is 10.2. The molecule has 0 fully saturated rings. The van der Waals surface area contributed by atoms with Gasteiger partial charge in [0, 0.05) is 21.9 Å². The van der Waals surface area contributed by atoms with Gasteiger partial charge in [-0.3, -0.25) is 0 Å². The van der Waals surface area contributed by atoms with Crippen LogP contribution in [0.2, 0.25) is 0 Å². The van der Waals surface area contributed by atoms with Crippen molar-refractivity contribution in [1.29, 1.82) is 0 Å². The van der Waals surface area contributed by atoms with E-state index in [9.17, 15) is 5.11 Å². The molecular formula is C10H11NO2S. The molecule has 3 nitrogen and oxygen atoms in total. The first kappa shape index (κ1) is 9.45. The standard InChI is InChI=1S/C10H11NO2S/c11-5-8-1-2-9(14-8)10(12)7-3-4-13-6-7/h1-4,6,10,12H,5,11H2. The molecule has 14 heavy (non-hydrogen) atoms. The van der Waals surface area contributed by atoms with Crippen molar-refractivity contribution in [3.8, 4) is 0 Å². The largest absolute Gasteiger partial charge is 0.472 e. The SMILES string of the molecule is NCc1ccc(C(O)c2ccoc2)s1. The van der Waals surface area contributed by atoms with Crippen LogP contribution >= 0.6 is 11.3 Å². The van der Waals surface area contributed by atoms with Crippen LogP contribution in [0.4, 0.5) is 0 Å². The summed E-state index contributed by atoms with van der Waals surface area (Å²) in [5.74, 6) is 0. The first-order chi connectivity index (χ1) is 6.81. The van der Waals surface area contributed by atoms with Gasteiger partial charge in [-0.2, -0.15) is 0 Å². The molecule has 2 aromatic heterocycles. The number of hydrogen-bond acceptors (Lipinski definition) is 4. The van der Waals surface area contributed by atoms with E-state index in [1.165, 1.54) is 11.3 Å². The maximum absolute atomic E-state index is 9.90. The highest BCUT2D eigenvalue weighted by atomic mass is 32.1. The van der Waals surface area contributed by atoms with E-state index in [4.69, 9.17) is 10.2 Å². The summed E-state index contributed by atoms with van der Waals surface area (Å²) >= 11 is 1.52. The van der Waals surface area contributed by atoms with Crippen molar-refractivity contribution < 1.29 is 9.52 Å². The quantitative estimate of drug-likeness (QED) is 0.811. The molecule has 0 saturated carbocycles. The second-order valence-electron chi connectivity index (χ2n) is 2.97. The minimum atomic E-state index is -0.598. The Balaban J connectivity index is 2.23. The topological polar surface area (TPSA) is 59.4 Å². The lowest BCUT2D eigenvalue weighted by molar-refractivity contribution is 0.223. The molecule has 74 valence electrons. The predicted molar refractivity (Wildman–Crippen MR) is 55.0 cm³/mol. The van der Waals surface area contributed by atoms with E-state index < -0.39 is 6.10 Å². The Morgan fingerprint density at radius 3 is 2.86 bits per heavy atom. The van der Waals surface area contributed by atoms with Crippen molar-refractivity contribution in [1.82, 2.24) is 0 Å². The van der Waals surface area contributed by atoms with Gasteiger partial charge in [-0.05, 0) is 18.2 Å². The van der Waals surface area contributed by atoms with E-state index in [1.807, 2.05) is 12.1 Å². The summed E-state index contributed by atoms with van der Waals surface area (Å²) in [5, 5.41) is 9.90. The van der Waals surface area contributed by atoms with Crippen LogP contribution in [0.1, 0.15) is 21.4 Å². The van der Waals surface area contributed by atoms with Crippen LogP contribution in [0.15, 0.2) is 35.1 Å². The number of nitrogens with two attached hydrogens (primary N) is 1. The van der Waals surface area contributed by atoms with Crippen LogP contribution in [0.5, 0.6) is 0 Å². The minimum absolute atomic E-state index is 0.517. The molecule has 1 unspecified atom stereocenters. The summed E-state index contributed by atoms with van der Waals surface area (Å²) in [4.78, 5) is 1.97. The molecule has 0 saturated heterocycles. The van der Waals surface area contributed by atoms with Gasteiger partial charge in [-0.25, -0.2) is 0 Å². The number of rotatable bonds is 3. The van der Waals surface area contributed by atoms with Gasteiger partial charge in [0.25, 0.3) is 0 Å². The summed E-state index contributed by atoms with van der Waals surface area (Å²) in [6, 6.07) is 5.58. The molecule has 2 aromatic rings. The number of aliphatic hydroxyl groups excluding tert-OH is 1. The lowest BCUT2D eigenvalue weighted by Gasteiger charge is -2.03. The van der Waals surface area contributed by atoms with Gasteiger partial charge in [-0.15, -0.1) is 11.3 Å². The molecule has 2 heterocycles. The number of thiophene rings is 1. The Kier molecular flexibility index (Phi) is 2.67. The predicted octanol–water partition coefficient (Wildman–Crippen LogP) is 1.88. The van der Waals surface area contributed by atoms with Gasteiger partial charge in [0.1, 0.15) is 6.10 Å². The van der Waals surface area contributed by atoms with E-state index in [2.05, 4.69) is 0 Å². The molecular weight excluding hydrogens is 198 g/mol. The van der Waals surface area contributed by atoms with E-state index in [0.29, 0.717) is 6.54 Å². The minimum Gasteiger partial charge on any atom is -0.472 e. The van der Waals surface area contributed by atoms with E-state index >= 15 is 0 Å². The number of aliphatic hydroxyl groups is 1. The van der Waals surface area contributed by atoms with Gasteiger partial charge >= 0.3 is 0 Å². The van der Waals surface area contributed by atoms with Gasteiger partial charge in [0.05, 0.1) is 12.5 Å². The maximum Gasteiger partial charge on any atom is 0.116 e. The highest BCUT2D eigenvalue weighted by Gasteiger charge is 2.13.